The fourth-order valence-corrected chi connectivity index (χ4v) is 4.35. The van der Waals surface area contributed by atoms with Gasteiger partial charge in [0.1, 0.15) is 5.71 Å². The van der Waals surface area contributed by atoms with Crippen molar-refractivity contribution in [2.24, 2.45) is 10.5 Å². The number of hydrazone groups is 1. The molecule has 1 aliphatic carbocycles. The molecular formula is C22H22N4O3S. The van der Waals surface area contributed by atoms with E-state index in [2.05, 4.69) is 15.0 Å². The highest BCUT2D eigenvalue weighted by atomic mass is 32.2. The summed E-state index contributed by atoms with van der Waals surface area (Å²) in [5.41, 5.74) is 2.53. The van der Waals surface area contributed by atoms with E-state index < -0.39 is 15.4 Å². The molecule has 0 spiro atoms. The minimum atomic E-state index is -3.88. The number of Topliss-reactive ketones (excluding diaryl/α,β-unsaturated/α-hetero) is 1. The number of para-hydroxylation sites is 1. The van der Waals surface area contributed by atoms with Crippen LogP contribution in [0.2, 0.25) is 0 Å². The summed E-state index contributed by atoms with van der Waals surface area (Å²) < 4.78 is 26.9. The number of aromatic nitrogens is 2. The second kappa shape index (κ2) is 7.21. The van der Waals surface area contributed by atoms with E-state index in [-0.39, 0.29) is 16.4 Å². The number of aryl methyl sites for hydroxylation is 1. The molecule has 3 aromatic rings. The van der Waals surface area contributed by atoms with Gasteiger partial charge in [0.25, 0.3) is 10.0 Å². The number of ketones is 1. The van der Waals surface area contributed by atoms with Gasteiger partial charge < -0.3 is 0 Å². The highest BCUT2D eigenvalue weighted by Gasteiger charge is 2.41. The minimum Gasteiger partial charge on any atom is -0.287 e. The molecule has 0 saturated carbocycles. The summed E-state index contributed by atoms with van der Waals surface area (Å²) in [6.07, 6.45) is 2.01. The van der Waals surface area contributed by atoms with Gasteiger partial charge in [0.05, 0.1) is 28.0 Å². The lowest BCUT2D eigenvalue weighted by Crippen LogP contribution is -2.40. The Morgan fingerprint density at radius 1 is 1.07 bits per heavy atom. The smallest absolute Gasteiger partial charge is 0.276 e. The fraction of sp³-hybridized carbons (Fsp3) is 0.227. The lowest BCUT2D eigenvalue weighted by atomic mass is 9.74. The minimum absolute atomic E-state index is 0.0936. The number of fused-ring (bicyclic) bond motifs is 1. The molecule has 0 fully saturated rings. The Bertz CT molecular complexity index is 1240. The maximum absolute atomic E-state index is 13.2. The number of carbonyl (C=O) groups excluding carboxylic acids is 1. The lowest BCUT2D eigenvalue weighted by molar-refractivity contribution is 0.104. The average molecular weight is 423 g/mol. The fourth-order valence-electron chi connectivity index (χ4n) is 3.54. The van der Waals surface area contributed by atoms with Gasteiger partial charge in [0, 0.05) is 11.8 Å². The van der Waals surface area contributed by atoms with Crippen LogP contribution in [-0.2, 0) is 16.4 Å². The summed E-state index contributed by atoms with van der Waals surface area (Å²) in [7, 11) is -3.88. The van der Waals surface area contributed by atoms with Crippen molar-refractivity contribution in [3.05, 3.63) is 77.6 Å². The number of hydrogen-bond acceptors (Lipinski definition) is 5. The highest BCUT2D eigenvalue weighted by Crippen LogP contribution is 2.34. The molecular weight excluding hydrogens is 400 g/mol. The summed E-state index contributed by atoms with van der Waals surface area (Å²) in [4.78, 5) is 15.5. The maximum atomic E-state index is 13.2. The van der Waals surface area contributed by atoms with Crippen molar-refractivity contribution in [3.8, 4) is 5.69 Å². The van der Waals surface area contributed by atoms with E-state index in [0.717, 1.165) is 16.9 Å². The molecule has 30 heavy (non-hydrogen) atoms. The SMILES string of the molecule is Cc1ccc(S(=O)(=O)N/N=C2/C(=O)c3cnn(-c4ccccc4)c3CC2(C)C)cc1. The number of nitrogens with one attached hydrogen (secondary N) is 1. The van der Waals surface area contributed by atoms with Crippen molar-refractivity contribution >= 4 is 21.5 Å². The molecule has 1 aromatic heterocycles. The Kier molecular flexibility index (Phi) is 4.82. The zero-order chi connectivity index (χ0) is 21.5. The molecule has 2 aromatic carbocycles. The quantitative estimate of drug-likeness (QED) is 0.653. The van der Waals surface area contributed by atoms with Crippen LogP contribution in [0.4, 0.5) is 0 Å². The highest BCUT2D eigenvalue weighted by molar-refractivity contribution is 7.89. The van der Waals surface area contributed by atoms with Crippen LogP contribution >= 0.6 is 0 Å². The zero-order valence-electron chi connectivity index (χ0n) is 17.0. The van der Waals surface area contributed by atoms with Gasteiger partial charge in [-0.05, 0) is 31.2 Å². The average Bonchev–Trinajstić information content (AvgIpc) is 3.11. The van der Waals surface area contributed by atoms with Gasteiger partial charge in [0.2, 0.25) is 5.78 Å². The molecule has 1 heterocycles. The van der Waals surface area contributed by atoms with E-state index in [9.17, 15) is 13.2 Å². The number of carbonyl (C=O) groups is 1. The van der Waals surface area contributed by atoms with Gasteiger partial charge in [0.15, 0.2) is 0 Å². The predicted octanol–water partition coefficient (Wildman–Crippen LogP) is 3.28. The van der Waals surface area contributed by atoms with E-state index >= 15 is 0 Å². The van der Waals surface area contributed by atoms with Crippen molar-refractivity contribution in [2.45, 2.75) is 32.1 Å². The van der Waals surface area contributed by atoms with Gasteiger partial charge >= 0.3 is 0 Å². The van der Waals surface area contributed by atoms with Crippen LogP contribution in [-0.4, -0.2) is 29.7 Å². The zero-order valence-corrected chi connectivity index (χ0v) is 17.8. The summed E-state index contributed by atoms with van der Waals surface area (Å²) in [5, 5.41) is 8.45. The molecule has 0 saturated heterocycles. The lowest BCUT2D eigenvalue weighted by Gasteiger charge is -2.30. The normalized spacial score (nSPS) is 17.0. The number of benzene rings is 2. The van der Waals surface area contributed by atoms with Crippen LogP contribution in [0, 0.1) is 12.3 Å². The van der Waals surface area contributed by atoms with Crippen molar-refractivity contribution in [1.82, 2.24) is 14.6 Å². The van der Waals surface area contributed by atoms with Crippen molar-refractivity contribution in [2.75, 3.05) is 0 Å². The van der Waals surface area contributed by atoms with Crippen LogP contribution in [0.3, 0.4) is 0 Å². The summed E-state index contributed by atoms with van der Waals surface area (Å²) in [5.74, 6) is -0.324. The molecule has 4 rings (SSSR count). The van der Waals surface area contributed by atoms with E-state index in [1.54, 1.807) is 16.8 Å². The molecule has 154 valence electrons. The van der Waals surface area contributed by atoms with E-state index in [0.29, 0.717) is 12.0 Å². The van der Waals surface area contributed by atoms with E-state index in [1.165, 1.54) is 18.3 Å². The number of rotatable bonds is 4. The second-order valence-corrected chi connectivity index (χ2v) is 9.67. The molecule has 0 aliphatic heterocycles. The molecule has 0 atom stereocenters. The first-order valence-electron chi connectivity index (χ1n) is 9.53. The van der Waals surface area contributed by atoms with Gasteiger partial charge in [-0.1, -0.05) is 49.7 Å². The molecule has 8 heteroatoms. The number of nitrogens with zero attached hydrogens (tertiary/aromatic N) is 3. The predicted molar refractivity (Wildman–Crippen MR) is 114 cm³/mol. The topological polar surface area (TPSA) is 93.4 Å². The summed E-state index contributed by atoms with van der Waals surface area (Å²) in [6.45, 7) is 5.62. The van der Waals surface area contributed by atoms with Crippen LogP contribution in [0.15, 0.2) is 70.8 Å². The summed E-state index contributed by atoms with van der Waals surface area (Å²) >= 11 is 0. The Labute approximate surface area is 175 Å². The molecule has 0 unspecified atom stereocenters. The molecule has 0 bridgehead atoms. The van der Waals surface area contributed by atoms with E-state index in [4.69, 9.17) is 0 Å². The van der Waals surface area contributed by atoms with Crippen molar-refractivity contribution in [3.63, 3.8) is 0 Å². The molecule has 1 N–H and O–H groups in total. The third-order valence-corrected chi connectivity index (χ3v) is 6.41. The van der Waals surface area contributed by atoms with E-state index in [1.807, 2.05) is 51.1 Å². The largest absolute Gasteiger partial charge is 0.287 e. The Balaban J connectivity index is 1.69. The summed E-state index contributed by atoms with van der Waals surface area (Å²) in [6, 6.07) is 16.0. The molecule has 1 aliphatic rings. The third kappa shape index (κ3) is 3.54. The first kappa shape index (κ1) is 20.0. The molecule has 0 amide bonds. The standard InChI is InChI=1S/C22H22N4O3S/c1-15-9-11-17(12-10-15)30(28,29)25-24-21-20(27)18-14-23-26(16-7-5-4-6-8-16)19(18)13-22(21,2)3/h4-12,14,25H,13H2,1-3H3/b24-21-. The second-order valence-electron chi connectivity index (χ2n) is 8.01. The Morgan fingerprint density at radius 3 is 2.40 bits per heavy atom. The van der Waals surface area contributed by atoms with Gasteiger partial charge in [-0.25, -0.2) is 4.68 Å². The Hall–Kier alpha value is -3.26. The van der Waals surface area contributed by atoms with Crippen molar-refractivity contribution in [1.29, 1.82) is 0 Å². The number of hydrogen-bond donors (Lipinski definition) is 1. The first-order valence-corrected chi connectivity index (χ1v) is 11.0. The maximum Gasteiger partial charge on any atom is 0.276 e. The van der Waals surface area contributed by atoms with Crippen LogP contribution < -0.4 is 4.83 Å². The van der Waals surface area contributed by atoms with Crippen molar-refractivity contribution < 1.29 is 13.2 Å². The number of sulfonamides is 1. The van der Waals surface area contributed by atoms with Crippen LogP contribution in [0.5, 0.6) is 0 Å². The van der Waals surface area contributed by atoms with Gasteiger partial charge in [-0.2, -0.15) is 23.4 Å². The van der Waals surface area contributed by atoms with Gasteiger partial charge in [-0.3, -0.25) is 4.79 Å². The third-order valence-electron chi connectivity index (χ3n) is 5.19. The molecule has 0 radical (unpaired) electrons. The molecule has 7 nitrogen and oxygen atoms in total. The monoisotopic (exact) mass is 422 g/mol. The van der Waals surface area contributed by atoms with Crippen LogP contribution in [0.25, 0.3) is 5.69 Å². The Morgan fingerprint density at radius 2 is 1.73 bits per heavy atom. The van der Waals surface area contributed by atoms with Gasteiger partial charge in [-0.15, -0.1) is 0 Å². The van der Waals surface area contributed by atoms with Crippen LogP contribution in [0.1, 0.15) is 35.5 Å². The first-order chi connectivity index (χ1) is 14.2.